The second-order valence-corrected chi connectivity index (χ2v) is 7.56. The van der Waals surface area contributed by atoms with E-state index in [0.717, 1.165) is 34.1 Å². The molecule has 1 fully saturated rings. The van der Waals surface area contributed by atoms with Crippen molar-refractivity contribution < 1.29 is 19.3 Å². The van der Waals surface area contributed by atoms with Gasteiger partial charge in [0.05, 0.1) is 12.7 Å². The minimum absolute atomic E-state index is 0.0363. The Balaban J connectivity index is 1.47. The summed E-state index contributed by atoms with van der Waals surface area (Å²) in [5.41, 5.74) is 3.96. The van der Waals surface area contributed by atoms with Gasteiger partial charge < -0.3 is 14.8 Å². The van der Waals surface area contributed by atoms with Crippen molar-refractivity contribution >= 4 is 11.6 Å². The molecule has 0 bridgehead atoms. The summed E-state index contributed by atoms with van der Waals surface area (Å²) in [5, 5.41) is 12.9. The Labute approximate surface area is 174 Å². The van der Waals surface area contributed by atoms with Crippen LogP contribution >= 0.6 is 0 Å². The number of nitrogens with zero attached hydrogens (tertiary/aromatic N) is 1. The van der Waals surface area contributed by atoms with E-state index in [2.05, 4.69) is 22.4 Å². The van der Waals surface area contributed by atoms with E-state index in [1.165, 1.54) is 0 Å². The predicted octanol–water partition coefficient (Wildman–Crippen LogP) is 1.32. The number of rotatable bonds is 5. The average Bonchev–Trinajstić information content (AvgIpc) is 3.40. The molecule has 1 atom stereocenters. The van der Waals surface area contributed by atoms with E-state index in [-0.39, 0.29) is 17.7 Å². The highest BCUT2D eigenvalue weighted by molar-refractivity contribution is 6.00. The quantitative estimate of drug-likeness (QED) is 0.604. The Hall–Kier alpha value is -3.80. The largest absolute Gasteiger partial charge is 0.508 e. The van der Waals surface area contributed by atoms with E-state index in [9.17, 15) is 9.90 Å². The first-order valence-electron chi connectivity index (χ1n) is 9.97. The van der Waals surface area contributed by atoms with Gasteiger partial charge in [0, 0.05) is 6.42 Å². The van der Waals surface area contributed by atoms with Crippen LogP contribution in [0.4, 0.5) is 0 Å². The van der Waals surface area contributed by atoms with Crippen molar-refractivity contribution in [3.05, 3.63) is 101 Å². The highest BCUT2D eigenvalue weighted by Gasteiger charge is 2.43. The average molecular weight is 400 g/mol. The van der Waals surface area contributed by atoms with Gasteiger partial charge in [-0.1, -0.05) is 42.5 Å². The lowest BCUT2D eigenvalue weighted by Gasteiger charge is -2.19. The summed E-state index contributed by atoms with van der Waals surface area (Å²) in [5.74, 6) is 1.81. The standard InChI is InChI=1S/C24H21N3O3/c28-18-10-8-17(9-11-18)14-20-24(29)27-15-21(22-7-4-12-30-22)25-19(23(27)26-20)13-16-5-2-1-3-6-16/h1-12,20,26,28H,13-15H2/p+1. The molecule has 1 amide bonds. The van der Waals surface area contributed by atoms with Crippen molar-refractivity contribution in [3.8, 4) is 5.75 Å². The summed E-state index contributed by atoms with van der Waals surface area (Å²) in [6.07, 6.45) is 2.86. The lowest BCUT2D eigenvalue weighted by molar-refractivity contribution is -0.407. The van der Waals surface area contributed by atoms with Crippen molar-refractivity contribution in [2.45, 2.75) is 18.9 Å². The molecule has 30 heavy (non-hydrogen) atoms. The van der Waals surface area contributed by atoms with E-state index in [1.54, 1.807) is 23.3 Å². The molecule has 3 N–H and O–H groups in total. The number of fused-ring (bicyclic) bond motifs is 1. The molecule has 0 saturated carbocycles. The monoisotopic (exact) mass is 400 g/mol. The van der Waals surface area contributed by atoms with Gasteiger partial charge in [-0.05, 0) is 35.4 Å². The summed E-state index contributed by atoms with van der Waals surface area (Å²) in [6.45, 7) is 0.430. The van der Waals surface area contributed by atoms with Gasteiger partial charge in [-0.15, -0.1) is 0 Å². The summed E-state index contributed by atoms with van der Waals surface area (Å²) in [4.78, 5) is 18.5. The Morgan fingerprint density at radius 2 is 1.83 bits per heavy atom. The first-order valence-corrected chi connectivity index (χ1v) is 9.97. The van der Waals surface area contributed by atoms with Gasteiger partial charge in [-0.2, -0.15) is 0 Å². The number of hydrogen-bond acceptors (Lipinski definition) is 4. The fourth-order valence-electron chi connectivity index (χ4n) is 3.97. The van der Waals surface area contributed by atoms with Gasteiger partial charge in [0.1, 0.15) is 18.3 Å². The molecule has 2 aliphatic rings. The molecule has 5 rings (SSSR count). The van der Waals surface area contributed by atoms with Crippen molar-refractivity contribution in [2.24, 2.45) is 0 Å². The van der Waals surface area contributed by atoms with Crippen LogP contribution in [0.25, 0.3) is 0 Å². The summed E-state index contributed by atoms with van der Waals surface area (Å²) >= 11 is 0. The molecule has 3 heterocycles. The molecule has 0 radical (unpaired) electrons. The molecule has 0 spiro atoms. The van der Waals surface area contributed by atoms with Crippen LogP contribution in [0.15, 0.2) is 88.9 Å². The van der Waals surface area contributed by atoms with Crippen LogP contribution in [0.2, 0.25) is 0 Å². The summed E-state index contributed by atoms with van der Waals surface area (Å²) in [7, 11) is 0. The SMILES string of the molecule is O=C1C(Cc2ccc(O)cc2)NC2=C(Cc3ccccc3)[NH+]=C(c3ccco3)CN12. The minimum Gasteiger partial charge on any atom is -0.508 e. The second kappa shape index (κ2) is 7.55. The third-order valence-corrected chi connectivity index (χ3v) is 5.47. The minimum atomic E-state index is -0.354. The molecule has 150 valence electrons. The fourth-order valence-corrected chi connectivity index (χ4v) is 3.97. The van der Waals surface area contributed by atoms with Crippen LogP contribution in [0.1, 0.15) is 16.9 Å². The number of furan rings is 1. The molecule has 2 aromatic carbocycles. The van der Waals surface area contributed by atoms with Crippen LogP contribution in [-0.2, 0) is 17.6 Å². The third kappa shape index (κ3) is 3.48. The lowest BCUT2D eigenvalue weighted by atomic mass is 10.1. The molecular formula is C24H22N3O3+. The maximum Gasteiger partial charge on any atom is 0.251 e. The molecule has 6 nitrogen and oxygen atoms in total. The van der Waals surface area contributed by atoms with E-state index in [4.69, 9.17) is 4.42 Å². The van der Waals surface area contributed by atoms with Gasteiger partial charge >= 0.3 is 0 Å². The first kappa shape index (κ1) is 18.2. The zero-order chi connectivity index (χ0) is 20.5. The third-order valence-electron chi connectivity index (χ3n) is 5.47. The number of benzene rings is 2. The zero-order valence-electron chi connectivity index (χ0n) is 16.3. The summed E-state index contributed by atoms with van der Waals surface area (Å²) < 4.78 is 5.58. The molecule has 3 aromatic rings. The van der Waals surface area contributed by atoms with Crippen molar-refractivity contribution in [2.75, 3.05) is 6.54 Å². The van der Waals surface area contributed by atoms with Crippen molar-refractivity contribution in [1.82, 2.24) is 10.2 Å². The normalized spacial score (nSPS) is 18.3. The number of phenols is 1. The molecular weight excluding hydrogens is 378 g/mol. The maximum atomic E-state index is 13.2. The van der Waals surface area contributed by atoms with Crippen molar-refractivity contribution in [1.29, 1.82) is 0 Å². The number of hydrogen-bond donors (Lipinski definition) is 3. The smallest absolute Gasteiger partial charge is 0.251 e. The molecule has 1 aromatic heterocycles. The van der Waals surface area contributed by atoms with Crippen LogP contribution in [-0.4, -0.2) is 34.2 Å². The van der Waals surface area contributed by atoms with E-state index >= 15 is 0 Å². The topological polar surface area (TPSA) is 79.7 Å². The molecule has 1 saturated heterocycles. The number of carbonyl (C=O) groups excluding carboxylic acids is 1. The van der Waals surface area contributed by atoms with Gasteiger partial charge in [0.25, 0.3) is 5.91 Å². The highest BCUT2D eigenvalue weighted by Crippen LogP contribution is 2.23. The van der Waals surface area contributed by atoms with Crippen LogP contribution in [0.5, 0.6) is 5.75 Å². The number of aromatic hydroxyl groups is 1. The number of carbonyl (C=O) groups is 1. The Morgan fingerprint density at radius 3 is 2.57 bits per heavy atom. The molecule has 2 aliphatic heterocycles. The van der Waals surface area contributed by atoms with Gasteiger partial charge in [-0.3, -0.25) is 9.69 Å². The van der Waals surface area contributed by atoms with E-state index < -0.39 is 0 Å². The predicted molar refractivity (Wildman–Crippen MR) is 111 cm³/mol. The molecule has 6 heteroatoms. The lowest BCUT2D eigenvalue weighted by Crippen LogP contribution is -2.76. The van der Waals surface area contributed by atoms with Crippen molar-refractivity contribution in [3.63, 3.8) is 0 Å². The Kier molecular flexibility index (Phi) is 4.59. The summed E-state index contributed by atoms with van der Waals surface area (Å²) in [6, 6.07) is 20.5. The number of allylic oxidation sites excluding steroid dienone is 1. The van der Waals surface area contributed by atoms with Gasteiger partial charge in [-0.25, -0.2) is 4.99 Å². The first-order chi connectivity index (χ1) is 14.7. The van der Waals surface area contributed by atoms with Crippen LogP contribution in [0.3, 0.4) is 0 Å². The maximum absolute atomic E-state index is 13.2. The molecule has 0 aliphatic carbocycles. The number of amides is 1. The Morgan fingerprint density at radius 1 is 1.03 bits per heavy atom. The zero-order valence-corrected chi connectivity index (χ0v) is 16.3. The number of phenolic OH excluding ortho intramolecular Hbond substituents is 1. The van der Waals surface area contributed by atoms with Gasteiger partial charge in [0.2, 0.25) is 11.4 Å². The number of nitrogens with one attached hydrogen (secondary N) is 2. The van der Waals surface area contributed by atoms with E-state index in [0.29, 0.717) is 19.4 Å². The fraction of sp³-hybridized carbons (Fsp3) is 0.167. The highest BCUT2D eigenvalue weighted by atomic mass is 16.3. The van der Waals surface area contributed by atoms with Gasteiger partial charge in [0.15, 0.2) is 11.6 Å². The van der Waals surface area contributed by atoms with Crippen LogP contribution < -0.4 is 10.3 Å². The second-order valence-electron chi connectivity index (χ2n) is 7.56. The van der Waals surface area contributed by atoms with E-state index in [1.807, 2.05) is 42.5 Å². The Bertz CT molecular complexity index is 1120. The molecule has 1 unspecified atom stereocenters. The van der Waals surface area contributed by atoms with Crippen LogP contribution in [0, 0.1) is 0 Å².